The lowest BCUT2D eigenvalue weighted by atomic mass is 10.1. The number of rotatable bonds is 2. The van der Waals surface area contributed by atoms with Crippen LogP contribution in [0, 0.1) is 6.92 Å². The summed E-state index contributed by atoms with van der Waals surface area (Å²) < 4.78 is 6.03. The maximum atomic E-state index is 12.9. The number of hydrogen-bond donors (Lipinski definition) is 1. The number of amides is 1. The van der Waals surface area contributed by atoms with Gasteiger partial charge in [0.2, 0.25) is 0 Å². The van der Waals surface area contributed by atoms with Gasteiger partial charge in [-0.2, -0.15) is 0 Å². The van der Waals surface area contributed by atoms with Gasteiger partial charge in [-0.3, -0.25) is 9.78 Å². The first-order valence-corrected chi connectivity index (χ1v) is 7.95. The zero-order valence-corrected chi connectivity index (χ0v) is 14.0. The lowest BCUT2D eigenvalue weighted by Gasteiger charge is -2.31. The molecule has 2 heterocycles. The number of carboxylic acid groups (broad SMARTS) is 1. The number of aryl methyl sites for hydroxylation is 1. The molecule has 0 bridgehead atoms. The number of aliphatic carboxylic acids is 1. The van der Waals surface area contributed by atoms with E-state index in [9.17, 15) is 9.59 Å². The molecule has 0 saturated carbocycles. The molecular formula is C16H15BrN2O4. The van der Waals surface area contributed by atoms with Crippen molar-refractivity contribution in [2.75, 3.05) is 19.7 Å². The molecule has 1 fully saturated rings. The van der Waals surface area contributed by atoms with E-state index in [1.807, 2.05) is 25.1 Å². The van der Waals surface area contributed by atoms with Crippen molar-refractivity contribution >= 4 is 38.7 Å². The molecule has 1 saturated heterocycles. The molecule has 3 rings (SSSR count). The van der Waals surface area contributed by atoms with E-state index in [4.69, 9.17) is 9.84 Å². The van der Waals surface area contributed by atoms with E-state index in [2.05, 4.69) is 20.9 Å². The van der Waals surface area contributed by atoms with Crippen molar-refractivity contribution in [1.29, 1.82) is 0 Å². The maximum Gasteiger partial charge on any atom is 0.334 e. The molecule has 0 spiro atoms. The first-order chi connectivity index (χ1) is 11.0. The minimum absolute atomic E-state index is 0.0467. The number of carbonyl (C=O) groups is 2. The van der Waals surface area contributed by atoms with Crippen molar-refractivity contribution in [1.82, 2.24) is 9.88 Å². The van der Waals surface area contributed by atoms with E-state index in [0.29, 0.717) is 12.1 Å². The van der Waals surface area contributed by atoms with Crippen molar-refractivity contribution in [3.63, 3.8) is 0 Å². The Morgan fingerprint density at radius 2 is 2.17 bits per heavy atom. The lowest BCUT2D eigenvalue weighted by Crippen LogP contribution is -2.48. The number of hydrogen-bond acceptors (Lipinski definition) is 4. The van der Waals surface area contributed by atoms with E-state index in [1.54, 1.807) is 6.07 Å². The topological polar surface area (TPSA) is 79.7 Å². The predicted molar refractivity (Wildman–Crippen MR) is 87.5 cm³/mol. The van der Waals surface area contributed by atoms with Gasteiger partial charge in [0.25, 0.3) is 5.91 Å². The maximum absolute atomic E-state index is 12.9. The Morgan fingerprint density at radius 3 is 2.91 bits per heavy atom. The van der Waals surface area contributed by atoms with Gasteiger partial charge in [-0.1, -0.05) is 15.9 Å². The average Bonchev–Trinajstić information content (AvgIpc) is 2.54. The normalized spacial score (nSPS) is 18.2. The minimum Gasteiger partial charge on any atom is -0.479 e. The Kier molecular flexibility index (Phi) is 4.32. The van der Waals surface area contributed by atoms with Crippen molar-refractivity contribution in [2.45, 2.75) is 13.0 Å². The smallest absolute Gasteiger partial charge is 0.334 e. The van der Waals surface area contributed by atoms with E-state index in [0.717, 1.165) is 21.1 Å². The molecule has 1 aliphatic heterocycles. The fraction of sp³-hybridized carbons (Fsp3) is 0.312. The van der Waals surface area contributed by atoms with Gasteiger partial charge >= 0.3 is 5.97 Å². The second-order valence-corrected chi connectivity index (χ2v) is 6.34. The number of ether oxygens (including phenoxy) is 1. The summed E-state index contributed by atoms with van der Waals surface area (Å²) in [5.41, 5.74) is 2.01. The van der Waals surface area contributed by atoms with Crippen molar-refractivity contribution in [3.8, 4) is 0 Å². The van der Waals surface area contributed by atoms with Crippen LogP contribution in [0.5, 0.6) is 0 Å². The van der Waals surface area contributed by atoms with Crippen LogP contribution in [0.2, 0.25) is 0 Å². The number of fused-ring (bicyclic) bond motifs is 1. The summed E-state index contributed by atoms with van der Waals surface area (Å²) in [5.74, 6) is -1.26. The highest BCUT2D eigenvalue weighted by Gasteiger charge is 2.30. The first kappa shape index (κ1) is 15.9. The van der Waals surface area contributed by atoms with Gasteiger partial charge in [0, 0.05) is 22.1 Å². The average molecular weight is 379 g/mol. The van der Waals surface area contributed by atoms with Gasteiger partial charge in [0.1, 0.15) is 0 Å². The molecule has 2 aromatic rings. The van der Waals surface area contributed by atoms with Crippen LogP contribution in [0.4, 0.5) is 0 Å². The number of morpholine rings is 1. The molecule has 23 heavy (non-hydrogen) atoms. The summed E-state index contributed by atoms with van der Waals surface area (Å²) in [6, 6.07) is 7.31. The highest BCUT2D eigenvalue weighted by Crippen LogP contribution is 2.24. The number of benzene rings is 1. The summed E-state index contributed by atoms with van der Waals surface area (Å²) in [7, 11) is 0. The van der Waals surface area contributed by atoms with Gasteiger partial charge in [-0.15, -0.1) is 0 Å². The molecule has 6 nitrogen and oxygen atoms in total. The Labute approximate surface area is 141 Å². The van der Waals surface area contributed by atoms with Gasteiger partial charge in [-0.05, 0) is 31.2 Å². The van der Waals surface area contributed by atoms with Crippen LogP contribution in [0.25, 0.3) is 10.9 Å². The number of carbonyl (C=O) groups excluding carboxylic acids is 1. The second kappa shape index (κ2) is 6.25. The van der Waals surface area contributed by atoms with Gasteiger partial charge < -0.3 is 14.7 Å². The highest BCUT2D eigenvalue weighted by molar-refractivity contribution is 9.10. The summed E-state index contributed by atoms with van der Waals surface area (Å²) >= 11 is 3.41. The van der Waals surface area contributed by atoms with E-state index >= 15 is 0 Å². The van der Waals surface area contributed by atoms with Crippen LogP contribution in [-0.2, 0) is 9.53 Å². The molecule has 1 amide bonds. The van der Waals surface area contributed by atoms with Crippen LogP contribution in [-0.4, -0.2) is 52.7 Å². The predicted octanol–water partition coefficient (Wildman–Crippen LogP) is 2.23. The molecule has 1 N–H and O–H groups in total. The van der Waals surface area contributed by atoms with Gasteiger partial charge in [0.05, 0.1) is 24.2 Å². The number of pyridine rings is 1. The van der Waals surface area contributed by atoms with E-state index in [1.165, 1.54) is 4.90 Å². The van der Waals surface area contributed by atoms with Crippen LogP contribution in [0.15, 0.2) is 28.7 Å². The van der Waals surface area contributed by atoms with Crippen LogP contribution >= 0.6 is 15.9 Å². The van der Waals surface area contributed by atoms with Crippen molar-refractivity contribution < 1.29 is 19.4 Å². The standard InChI is InChI=1S/C16H15BrN2O4/c1-9-6-12(11-7-10(17)2-3-13(11)18-9)15(20)19-4-5-23-14(8-19)16(21)22/h2-3,6-7,14H,4-5,8H2,1H3,(H,21,22)/t14-/m0/s1. The second-order valence-electron chi connectivity index (χ2n) is 5.42. The number of halogens is 1. The third-order valence-corrected chi connectivity index (χ3v) is 4.25. The van der Waals surface area contributed by atoms with Crippen LogP contribution in [0.1, 0.15) is 16.1 Å². The quantitative estimate of drug-likeness (QED) is 0.866. The Bertz CT molecular complexity index is 793. The highest BCUT2D eigenvalue weighted by atomic mass is 79.9. The minimum atomic E-state index is -1.05. The fourth-order valence-corrected chi connectivity index (χ4v) is 3.02. The number of nitrogens with zero attached hydrogens (tertiary/aromatic N) is 2. The summed E-state index contributed by atoms with van der Waals surface area (Å²) in [6.07, 6.45) is -0.978. The van der Waals surface area contributed by atoms with Gasteiger partial charge in [0.15, 0.2) is 6.10 Å². The largest absolute Gasteiger partial charge is 0.479 e. The van der Waals surface area contributed by atoms with Crippen LogP contribution < -0.4 is 0 Å². The molecule has 120 valence electrons. The molecule has 0 unspecified atom stereocenters. The van der Waals surface area contributed by atoms with Crippen molar-refractivity contribution in [3.05, 3.63) is 40.0 Å². The SMILES string of the molecule is Cc1cc(C(=O)N2CCO[C@H](C(=O)O)C2)c2cc(Br)ccc2n1. The zero-order valence-electron chi connectivity index (χ0n) is 12.5. The lowest BCUT2D eigenvalue weighted by molar-refractivity contribution is -0.154. The molecule has 1 aromatic carbocycles. The summed E-state index contributed by atoms with van der Waals surface area (Å²) in [5, 5.41) is 9.83. The van der Waals surface area contributed by atoms with Crippen LogP contribution in [0.3, 0.4) is 0 Å². The third-order valence-electron chi connectivity index (χ3n) is 3.76. The monoisotopic (exact) mass is 378 g/mol. The van der Waals surface area contributed by atoms with Gasteiger partial charge in [-0.25, -0.2) is 4.79 Å². The molecule has 7 heteroatoms. The molecule has 0 aliphatic carbocycles. The molecule has 0 radical (unpaired) electrons. The Morgan fingerprint density at radius 1 is 1.39 bits per heavy atom. The fourth-order valence-electron chi connectivity index (χ4n) is 2.66. The van der Waals surface area contributed by atoms with E-state index in [-0.39, 0.29) is 19.1 Å². The molecular weight excluding hydrogens is 364 g/mol. The molecule has 1 aromatic heterocycles. The third kappa shape index (κ3) is 3.20. The number of carboxylic acids is 1. The zero-order chi connectivity index (χ0) is 16.6. The molecule has 1 atom stereocenters. The van der Waals surface area contributed by atoms with Crippen molar-refractivity contribution in [2.24, 2.45) is 0 Å². The number of aromatic nitrogens is 1. The first-order valence-electron chi connectivity index (χ1n) is 7.16. The summed E-state index contributed by atoms with van der Waals surface area (Å²) in [4.78, 5) is 29.9. The summed E-state index contributed by atoms with van der Waals surface area (Å²) in [6.45, 7) is 2.47. The van der Waals surface area contributed by atoms with E-state index < -0.39 is 12.1 Å². The Hall–Kier alpha value is -1.99. The Balaban J connectivity index is 2.00. The molecule has 1 aliphatic rings.